The molecule has 1 aromatic rings. The van der Waals surface area contributed by atoms with Gasteiger partial charge in [0.2, 0.25) is 0 Å². The molecule has 110 valence electrons. The quantitative estimate of drug-likeness (QED) is 0.814. The van der Waals surface area contributed by atoms with Crippen LogP contribution in [-0.4, -0.2) is 36.6 Å². The number of benzene rings is 1. The van der Waals surface area contributed by atoms with E-state index in [1.807, 2.05) is 38.1 Å². The molecule has 0 saturated carbocycles. The highest BCUT2D eigenvalue weighted by molar-refractivity contribution is 5.91. The molecule has 0 bridgehead atoms. The molecular weight excluding hydrogens is 256 g/mol. The molecule has 5 nitrogen and oxygen atoms in total. The van der Waals surface area contributed by atoms with Gasteiger partial charge in [0.15, 0.2) is 0 Å². The maximum Gasteiger partial charge on any atom is 0.325 e. The molecule has 0 unspecified atom stereocenters. The van der Waals surface area contributed by atoms with E-state index in [1.165, 1.54) is 4.90 Å². The molecule has 0 aliphatic heterocycles. The van der Waals surface area contributed by atoms with E-state index in [0.717, 1.165) is 12.0 Å². The molecule has 0 spiro atoms. The first-order chi connectivity index (χ1) is 9.56. The zero-order valence-electron chi connectivity index (χ0n) is 12.3. The van der Waals surface area contributed by atoms with Crippen LogP contribution in [0.25, 0.3) is 0 Å². The van der Waals surface area contributed by atoms with Gasteiger partial charge in [-0.3, -0.25) is 4.79 Å². The number of rotatable bonds is 6. The Morgan fingerprint density at radius 1 is 1.20 bits per heavy atom. The Labute approximate surface area is 119 Å². The van der Waals surface area contributed by atoms with E-state index in [2.05, 4.69) is 5.32 Å². The molecule has 0 aliphatic carbocycles. The Bertz CT molecular complexity index is 443. The number of aryl methyl sites for hydroxylation is 1. The Kier molecular flexibility index (Phi) is 6.56. The number of hydrogen-bond acceptors (Lipinski definition) is 3. The van der Waals surface area contributed by atoms with Crippen molar-refractivity contribution < 1.29 is 14.3 Å². The molecule has 0 aliphatic rings. The smallest absolute Gasteiger partial charge is 0.325 e. The number of ether oxygens (including phenoxy) is 1. The highest BCUT2D eigenvalue weighted by Crippen LogP contribution is 2.09. The molecular formula is C15H22N2O3. The van der Waals surface area contributed by atoms with Crippen LogP contribution in [0.4, 0.5) is 10.5 Å². The highest BCUT2D eigenvalue weighted by atomic mass is 16.5. The predicted octanol–water partition coefficient (Wildman–Crippen LogP) is 2.80. The summed E-state index contributed by atoms with van der Waals surface area (Å²) in [6.07, 6.45) is 0.778. The van der Waals surface area contributed by atoms with Gasteiger partial charge in [-0.25, -0.2) is 4.79 Å². The minimum atomic E-state index is -0.389. The standard InChI is InChI=1S/C15H22N2O3/c1-4-10-17(11-14(18)20-5-2)15(19)16-13-8-6-12(3)7-9-13/h6-9H,4-5,10-11H2,1-3H3,(H,16,19). The first kappa shape index (κ1) is 16.0. The molecule has 0 fully saturated rings. The van der Waals surface area contributed by atoms with Crippen LogP contribution in [0.5, 0.6) is 0 Å². The summed E-state index contributed by atoms with van der Waals surface area (Å²) in [5, 5.41) is 2.78. The van der Waals surface area contributed by atoms with E-state index in [-0.39, 0.29) is 18.5 Å². The van der Waals surface area contributed by atoms with Crippen LogP contribution in [0, 0.1) is 6.92 Å². The number of carbonyl (C=O) groups excluding carboxylic acids is 2. The number of carbonyl (C=O) groups is 2. The number of anilines is 1. The lowest BCUT2D eigenvalue weighted by Crippen LogP contribution is -2.39. The summed E-state index contributed by atoms with van der Waals surface area (Å²) in [4.78, 5) is 25.1. The number of hydrogen-bond donors (Lipinski definition) is 1. The largest absolute Gasteiger partial charge is 0.465 e. The van der Waals surface area contributed by atoms with Gasteiger partial charge in [0, 0.05) is 12.2 Å². The van der Waals surface area contributed by atoms with Crippen LogP contribution < -0.4 is 5.32 Å². The monoisotopic (exact) mass is 278 g/mol. The summed E-state index contributed by atoms with van der Waals surface area (Å²) in [7, 11) is 0. The number of amides is 2. The average Bonchev–Trinajstić information content (AvgIpc) is 2.41. The zero-order chi connectivity index (χ0) is 15.0. The van der Waals surface area contributed by atoms with Crippen LogP contribution in [0.1, 0.15) is 25.8 Å². The van der Waals surface area contributed by atoms with Crippen molar-refractivity contribution in [3.05, 3.63) is 29.8 Å². The third kappa shape index (κ3) is 5.30. The van der Waals surface area contributed by atoms with Gasteiger partial charge >= 0.3 is 12.0 Å². The third-order valence-electron chi connectivity index (χ3n) is 2.71. The van der Waals surface area contributed by atoms with E-state index in [9.17, 15) is 9.59 Å². The molecule has 1 N–H and O–H groups in total. The molecule has 20 heavy (non-hydrogen) atoms. The second-order valence-electron chi connectivity index (χ2n) is 4.52. The summed E-state index contributed by atoms with van der Waals surface area (Å²) in [5.74, 6) is -0.389. The van der Waals surface area contributed by atoms with Gasteiger partial charge in [-0.15, -0.1) is 0 Å². The van der Waals surface area contributed by atoms with Gasteiger partial charge in [0.05, 0.1) is 6.61 Å². The summed E-state index contributed by atoms with van der Waals surface area (Å²) >= 11 is 0. The van der Waals surface area contributed by atoms with Crippen molar-refractivity contribution in [2.45, 2.75) is 27.2 Å². The Morgan fingerprint density at radius 2 is 1.85 bits per heavy atom. The highest BCUT2D eigenvalue weighted by Gasteiger charge is 2.17. The Balaban J connectivity index is 2.63. The van der Waals surface area contributed by atoms with Crippen molar-refractivity contribution in [2.24, 2.45) is 0 Å². The summed E-state index contributed by atoms with van der Waals surface area (Å²) in [5.41, 5.74) is 1.84. The van der Waals surface area contributed by atoms with Crippen LogP contribution in [0.15, 0.2) is 24.3 Å². The second kappa shape index (κ2) is 8.19. The molecule has 1 rings (SSSR count). The first-order valence-corrected chi connectivity index (χ1v) is 6.85. The minimum absolute atomic E-state index is 0.0284. The van der Waals surface area contributed by atoms with Crippen molar-refractivity contribution in [3.63, 3.8) is 0 Å². The summed E-state index contributed by atoms with van der Waals surface area (Å²) < 4.78 is 4.87. The topological polar surface area (TPSA) is 58.6 Å². The first-order valence-electron chi connectivity index (χ1n) is 6.85. The molecule has 0 radical (unpaired) electrons. The average molecular weight is 278 g/mol. The zero-order valence-corrected chi connectivity index (χ0v) is 12.3. The van der Waals surface area contributed by atoms with Gasteiger partial charge in [0.1, 0.15) is 6.54 Å². The molecule has 0 atom stereocenters. The lowest BCUT2D eigenvalue weighted by atomic mass is 10.2. The fourth-order valence-electron chi connectivity index (χ4n) is 1.72. The maximum atomic E-state index is 12.1. The molecule has 1 aromatic carbocycles. The van der Waals surface area contributed by atoms with Crippen molar-refractivity contribution in [3.8, 4) is 0 Å². The van der Waals surface area contributed by atoms with Gasteiger partial charge < -0.3 is 15.0 Å². The lowest BCUT2D eigenvalue weighted by molar-refractivity contribution is -0.143. The fourth-order valence-corrected chi connectivity index (χ4v) is 1.72. The van der Waals surface area contributed by atoms with Crippen molar-refractivity contribution in [1.29, 1.82) is 0 Å². The fraction of sp³-hybridized carbons (Fsp3) is 0.467. The van der Waals surface area contributed by atoms with Crippen LogP contribution in [-0.2, 0) is 9.53 Å². The van der Waals surface area contributed by atoms with Gasteiger partial charge in [0.25, 0.3) is 0 Å². The minimum Gasteiger partial charge on any atom is -0.465 e. The molecule has 0 saturated heterocycles. The second-order valence-corrected chi connectivity index (χ2v) is 4.52. The third-order valence-corrected chi connectivity index (χ3v) is 2.71. The van der Waals surface area contributed by atoms with Gasteiger partial charge in [-0.05, 0) is 32.4 Å². The number of nitrogens with one attached hydrogen (secondary N) is 1. The van der Waals surface area contributed by atoms with E-state index >= 15 is 0 Å². The summed E-state index contributed by atoms with van der Waals surface area (Å²) in [6.45, 7) is 6.48. The molecule has 0 aromatic heterocycles. The van der Waals surface area contributed by atoms with Gasteiger partial charge in [-0.1, -0.05) is 24.6 Å². The van der Waals surface area contributed by atoms with E-state index in [4.69, 9.17) is 4.74 Å². The van der Waals surface area contributed by atoms with Crippen molar-refractivity contribution >= 4 is 17.7 Å². The van der Waals surface area contributed by atoms with Gasteiger partial charge in [-0.2, -0.15) is 0 Å². The van der Waals surface area contributed by atoms with E-state index < -0.39 is 0 Å². The van der Waals surface area contributed by atoms with E-state index in [0.29, 0.717) is 18.8 Å². The number of nitrogens with zero attached hydrogens (tertiary/aromatic N) is 1. The Morgan fingerprint density at radius 3 is 2.40 bits per heavy atom. The number of urea groups is 1. The molecule has 0 heterocycles. The van der Waals surface area contributed by atoms with Crippen LogP contribution >= 0.6 is 0 Å². The maximum absolute atomic E-state index is 12.1. The van der Waals surface area contributed by atoms with Crippen LogP contribution in [0.2, 0.25) is 0 Å². The molecule has 5 heteroatoms. The number of esters is 1. The SMILES string of the molecule is CCCN(CC(=O)OCC)C(=O)Nc1ccc(C)cc1. The summed E-state index contributed by atoms with van der Waals surface area (Å²) in [6, 6.07) is 7.23. The predicted molar refractivity (Wildman–Crippen MR) is 78.7 cm³/mol. The van der Waals surface area contributed by atoms with Crippen LogP contribution in [0.3, 0.4) is 0 Å². The Hall–Kier alpha value is -2.04. The van der Waals surface area contributed by atoms with E-state index in [1.54, 1.807) is 6.92 Å². The van der Waals surface area contributed by atoms with Crippen molar-refractivity contribution in [1.82, 2.24) is 4.90 Å². The van der Waals surface area contributed by atoms with Crippen molar-refractivity contribution in [2.75, 3.05) is 25.0 Å². The lowest BCUT2D eigenvalue weighted by Gasteiger charge is -2.21. The normalized spacial score (nSPS) is 9.95. The molecule has 2 amide bonds.